The van der Waals surface area contributed by atoms with Gasteiger partial charge in [-0.1, -0.05) is 6.07 Å². The second-order valence-corrected chi connectivity index (χ2v) is 4.80. The van der Waals surface area contributed by atoms with Crippen molar-refractivity contribution in [3.8, 4) is 0 Å². The van der Waals surface area contributed by atoms with Crippen LogP contribution in [-0.2, 0) is 6.54 Å². The molecule has 0 radical (unpaired) electrons. The SMILES string of the molecule is CC(CN(C)C)NCc1ccc2nc[nH]c2c1. The van der Waals surface area contributed by atoms with Crippen LogP contribution in [0, 0.1) is 0 Å². The fraction of sp³-hybridized carbons (Fsp3) is 0.462. The van der Waals surface area contributed by atoms with Crippen LogP contribution in [0.15, 0.2) is 24.5 Å². The number of likely N-dealkylation sites (N-methyl/N-ethyl adjacent to an activating group) is 1. The van der Waals surface area contributed by atoms with Crippen molar-refractivity contribution in [3.05, 3.63) is 30.1 Å². The van der Waals surface area contributed by atoms with Crippen molar-refractivity contribution in [1.82, 2.24) is 20.2 Å². The van der Waals surface area contributed by atoms with Gasteiger partial charge in [0.2, 0.25) is 0 Å². The largest absolute Gasteiger partial charge is 0.345 e. The molecule has 2 N–H and O–H groups in total. The van der Waals surface area contributed by atoms with Crippen molar-refractivity contribution in [2.24, 2.45) is 0 Å². The zero-order valence-corrected chi connectivity index (χ0v) is 10.7. The molecule has 17 heavy (non-hydrogen) atoms. The minimum absolute atomic E-state index is 0.488. The predicted octanol–water partition coefficient (Wildman–Crippen LogP) is 1.60. The number of benzene rings is 1. The van der Waals surface area contributed by atoms with Crippen LogP contribution in [0.3, 0.4) is 0 Å². The molecule has 4 nitrogen and oxygen atoms in total. The van der Waals surface area contributed by atoms with E-state index in [1.807, 2.05) is 0 Å². The van der Waals surface area contributed by atoms with Gasteiger partial charge < -0.3 is 15.2 Å². The number of aromatic amines is 1. The van der Waals surface area contributed by atoms with Crippen molar-refractivity contribution in [2.45, 2.75) is 19.5 Å². The predicted molar refractivity (Wildman–Crippen MR) is 70.9 cm³/mol. The molecule has 2 rings (SSSR count). The number of rotatable bonds is 5. The lowest BCUT2D eigenvalue weighted by Crippen LogP contribution is -2.35. The zero-order valence-electron chi connectivity index (χ0n) is 10.7. The maximum atomic E-state index is 4.21. The third kappa shape index (κ3) is 3.28. The van der Waals surface area contributed by atoms with E-state index in [-0.39, 0.29) is 0 Å². The van der Waals surface area contributed by atoms with Crippen LogP contribution in [-0.4, -0.2) is 41.5 Å². The first kappa shape index (κ1) is 12.1. The number of fused-ring (bicyclic) bond motifs is 1. The normalized spacial score (nSPS) is 13.4. The molecule has 92 valence electrons. The van der Waals surface area contributed by atoms with E-state index in [1.54, 1.807) is 6.33 Å². The average Bonchev–Trinajstić information content (AvgIpc) is 2.72. The first-order chi connectivity index (χ1) is 8.15. The monoisotopic (exact) mass is 232 g/mol. The summed E-state index contributed by atoms with van der Waals surface area (Å²) in [6, 6.07) is 6.82. The summed E-state index contributed by atoms with van der Waals surface area (Å²) in [5.41, 5.74) is 3.41. The standard InChI is InChI=1S/C13H20N4/c1-10(8-17(2)3)14-7-11-4-5-12-13(6-11)16-9-15-12/h4-6,9-10,14H,7-8H2,1-3H3,(H,15,16). The second-order valence-electron chi connectivity index (χ2n) is 4.80. The van der Waals surface area contributed by atoms with Crippen LogP contribution in [0.2, 0.25) is 0 Å². The van der Waals surface area contributed by atoms with Gasteiger partial charge in [0.1, 0.15) is 0 Å². The summed E-state index contributed by atoms with van der Waals surface area (Å²) in [5.74, 6) is 0. The van der Waals surface area contributed by atoms with E-state index in [2.05, 4.69) is 59.4 Å². The van der Waals surface area contributed by atoms with Crippen molar-refractivity contribution in [3.63, 3.8) is 0 Å². The highest BCUT2D eigenvalue weighted by Crippen LogP contribution is 2.11. The molecule has 1 heterocycles. The Morgan fingerprint density at radius 1 is 1.41 bits per heavy atom. The number of H-pyrrole nitrogens is 1. The number of nitrogens with one attached hydrogen (secondary N) is 2. The van der Waals surface area contributed by atoms with Gasteiger partial charge in [-0.05, 0) is 38.7 Å². The van der Waals surface area contributed by atoms with Gasteiger partial charge in [0.25, 0.3) is 0 Å². The van der Waals surface area contributed by atoms with Crippen molar-refractivity contribution >= 4 is 11.0 Å². The Kier molecular flexibility index (Phi) is 3.76. The summed E-state index contributed by atoms with van der Waals surface area (Å²) >= 11 is 0. The molecule has 1 aromatic heterocycles. The van der Waals surface area contributed by atoms with E-state index in [1.165, 1.54) is 5.56 Å². The molecule has 0 aliphatic rings. The summed E-state index contributed by atoms with van der Waals surface area (Å²) in [4.78, 5) is 9.53. The lowest BCUT2D eigenvalue weighted by molar-refractivity contribution is 0.349. The van der Waals surface area contributed by atoms with Crippen LogP contribution in [0.4, 0.5) is 0 Å². The van der Waals surface area contributed by atoms with Crippen LogP contribution < -0.4 is 5.32 Å². The summed E-state index contributed by atoms with van der Waals surface area (Å²) in [5, 5.41) is 3.51. The Balaban J connectivity index is 1.94. The first-order valence-corrected chi connectivity index (χ1v) is 5.95. The number of aromatic nitrogens is 2. The third-order valence-electron chi connectivity index (χ3n) is 2.78. The van der Waals surface area contributed by atoms with Gasteiger partial charge >= 0.3 is 0 Å². The molecule has 0 amide bonds. The van der Waals surface area contributed by atoms with E-state index in [0.717, 1.165) is 24.1 Å². The van der Waals surface area contributed by atoms with Crippen molar-refractivity contribution in [2.75, 3.05) is 20.6 Å². The van der Waals surface area contributed by atoms with Crippen LogP contribution >= 0.6 is 0 Å². The molecule has 4 heteroatoms. The molecular formula is C13H20N4. The number of hydrogen-bond donors (Lipinski definition) is 2. The van der Waals surface area contributed by atoms with Gasteiger partial charge in [-0.3, -0.25) is 0 Å². The van der Waals surface area contributed by atoms with Gasteiger partial charge in [-0.25, -0.2) is 4.98 Å². The molecule has 1 atom stereocenters. The van der Waals surface area contributed by atoms with E-state index in [4.69, 9.17) is 0 Å². The van der Waals surface area contributed by atoms with Gasteiger partial charge in [0.15, 0.2) is 0 Å². The molecule has 0 saturated carbocycles. The highest BCUT2D eigenvalue weighted by Gasteiger charge is 2.03. The Morgan fingerprint density at radius 3 is 3.00 bits per heavy atom. The highest BCUT2D eigenvalue weighted by atomic mass is 15.1. The fourth-order valence-corrected chi connectivity index (χ4v) is 2.00. The van der Waals surface area contributed by atoms with E-state index < -0.39 is 0 Å². The molecule has 0 spiro atoms. The maximum absolute atomic E-state index is 4.21. The fourth-order valence-electron chi connectivity index (χ4n) is 2.00. The molecular weight excluding hydrogens is 212 g/mol. The quantitative estimate of drug-likeness (QED) is 0.823. The number of imidazole rings is 1. The average molecular weight is 232 g/mol. The first-order valence-electron chi connectivity index (χ1n) is 5.95. The second kappa shape index (κ2) is 5.29. The van der Waals surface area contributed by atoms with E-state index >= 15 is 0 Å². The number of hydrogen-bond acceptors (Lipinski definition) is 3. The minimum atomic E-state index is 0.488. The molecule has 1 aromatic carbocycles. The lowest BCUT2D eigenvalue weighted by atomic mass is 10.2. The summed E-state index contributed by atoms with van der Waals surface area (Å²) in [7, 11) is 4.18. The number of nitrogens with zero attached hydrogens (tertiary/aromatic N) is 2. The van der Waals surface area contributed by atoms with Crippen LogP contribution in [0.5, 0.6) is 0 Å². The topological polar surface area (TPSA) is 44.0 Å². The smallest absolute Gasteiger partial charge is 0.0931 e. The maximum Gasteiger partial charge on any atom is 0.0931 e. The van der Waals surface area contributed by atoms with Gasteiger partial charge in [-0.15, -0.1) is 0 Å². The van der Waals surface area contributed by atoms with E-state index in [9.17, 15) is 0 Å². The zero-order chi connectivity index (χ0) is 12.3. The summed E-state index contributed by atoms with van der Waals surface area (Å²) in [6.45, 7) is 4.14. The Bertz CT molecular complexity index is 475. The Hall–Kier alpha value is -1.39. The highest BCUT2D eigenvalue weighted by molar-refractivity contribution is 5.74. The van der Waals surface area contributed by atoms with Crippen molar-refractivity contribution < 1.29 is 0 Å². The summed E-state index contributed by atoms with van der Waals surface area (Å²) in [6.07, 6.45) is 1.73. The van der Waals surface area contributed by atoms with Crippen LogP contribution in [0.1, 0.15) is 12.5 Å². The lowest BCUT2D eigenvalue weighted by Gasteiger charge is -2.18. The van der Waals surface area contributed by atoms with E-state index in [0.29, 0.717) is 6.04 Å². The minimum Gasteiger partial charge on any atom is -0.345 e. The van der Waals surface area contributed by atoms with Gasteiger partial charge in [-0.2, -0.15) is 0 Å². The summed E-state index contributed by atoms with van der Waals surface area (Å²) < 4.78 is 0. The molecule has 0 bridgehead atoms. The molecule has 0 aliphatic carbocycles. The molecule has 0 saturated heterocycles. The Labute approximate surface area is 102 Å². The van der Waals surface area contributed by atoms with Crippen molar-refractivity contribution in [1.29, 1.82) is 0 Å². The molecule has 0 fully saturated rings. The van der Waals surface area contributed by atoms with Crippen LogP contribution in [0.25, 0.3) is 11.0 Å². The molecule has 2 aromatic rings. The Morgan fingerprint density at radius 2 is 2.24 bits per heavy atom. The van der Waals surface area contributed by atoms with Gasteiger partial charge in [0.05, 0.1) is 17.4 Å². The molecule has 1 unspecified atom stereocenters. The van der Waals surface area contributed by atoms with Gasteiger partial charge in [0, 0.05) is 19.1 Å². The molecule has 0 aliphatic heterocycles. The third-order valence-corrected chi connectivity index (χ3v) is 2.78.